The average Bonchev–Trinajstić information content (AvgIpc) is 2.10. The minimum Gasteiger partial charge on any atom is -0.235 e. The van der Waals surface area contributed by atoms with E-state index in [-0.39, 0.29) is 0 Å². The standard InChI is InChI=1S/C10H13F/c1-3-9-5-4-7-10(2,11)8-6-9/h4-8H,3H2,1-2H3. The molecule has 60 valence electrons. The van der Waals surface area contributed by atoms with Crippen LogP contribution in [0.2, 0.25) is 0 Å². The van der Waals surface area contributed by atoms with E-state index in [1.807, 2.05) is 12.2 Å². The van der Waals surface area contributed by atoms with Gasteiger partial charge in [-0.15, -0.1) is 0 Å². The van der Waals surface area contributed by atoms with Crippen molar-refractivity contribution in [3.05, 3.63) is 36.0 Å². The molecule has 0 fully saturated rings. The van der Waals surface area contributed by atoms with Crippen molar-refractivity contribution in [1.29, 1.82) is 0 Å². The third-order valence-electron chi connectivity index (χ3n) is 1.76. The van der Waals surface area contributed by atoms with Crippen LogP contribution in [0.15, 0.2) is 36.0 Å². The molecule has 0 aromatic rings. The van der Waals surface area contributed by atoms with Crippen LogP contribution < -0.4 is 0 Å². The molecule has 11 heavy (non-hydrogen) atoms. The fourth-order valence-corrected chi connectivity index (χ4v) is 0.977. The number of halogens is 1. The summed E-state index contributed by atoms with van der Waals surface area (Å²) in [7, 11) is 0. The van der Waals surface area contributed by atoms with E-state index in [4.69, 9.17) is 0 Å². The van der Waals surface area contributed by atoms with E-state index in [9.17, 15) is 4.39 Å². The molecule has 1 aliphatic rings. The summed E-state index contributed by atoms with van der Waals surface area (Å²) >= 11 is 0. The molecule has 0 heterocycles. The minimum absolute atomic E-state index is 0.955. The fourth-order valence-electron chi connectivity index (χ4n) is 0.977. The Labute approximate surface area is 67.1 Å². The van der Waals surface area contributed by atoms with E-state index in [2.05, 4.69) is 6.92 Å². The second-order valence-electron chi connectivity index (χ2n) is 2.94. The van der Waals surface area contributed by atoms with Gasteiger partial charge in [0.15, 0.2) is 0 Å². The second-order valence-corrected chi connectivity index (χ2v) is 2.94. The summed E-state index contributed by atoms with van der Waals surface area (Å²) in [5.74, 6) is 0. The van der Waals surface area contributed by atoms with Gasteiger partial charge in [-0.1, -0.05) is 25.2 Å². The zero-order valence-corrected chi connectivity index (χ0v) is 6.97. The molecule has 0 nitrogen and oxygen atoms in total. The van der Waals surface area contributed by atoms with Crippen LogP contribution in [0.25, 0.3) is 0 Å². The van der Waals surface area contributed by atoms with Crippen LogP contribution >= 0.6 is 0 Å². The fraction of sp³-hybridized carbons (Fsp3) is 0.400. The Morgan fingerprint density at radius 2 is 2.18 bits per heavy atom. The molecule has 1 atom stereocenters. The van der Waals surface area contributed by atoms with Crippen molar-refractivity contribution in [1.82, 2.24) is 0 Å². The Kier molecular flexibility index (Phi) is 2.28. The lowest BCUT2D eigenvalue weighted by molar-refractivity contribution is 0.328. The highest BCUT2D eigenvalue weighted by atomic mass is 19.1. The molecule has 0 N–H and O–H groups in total. The Morgan fingerprint density at radius 3 is 2.82 bits per heavy atom. The Balaban J connectivity index is 2.83. The maximum atomic E-state index is 13.2. The lowest BCUT2D eigenvalue weighted by Gasteiger charge is -2.07. The van der Waals surface area contributed by atoms with Gasteiger partial charge in [-0.25, -0.2) is 4.39 Å². The number of alkyl halides is 1. The van der Waals surface area contributed by atoms with Crippen LogP contribution in [-0.4, -0.2) is 5.67 Å². The lowest BCUT2D eigenvalue weighted by Crippen LogP contribution is -2.08. The SMILES string of the molecule is CCC1=CC=CC(C)(F)C=C1. The van der Waals surface area contributed by atoms with E-state index in [0.717, 1.165) is 6.42 Å². The van der Waals surface area contributed by atoms with Crippen LogP contribution in [0.1, 0.15) is 20.3 Å². The molecule has 0 radical (unpaired) electrons. The molecular formula is C10H13F. The molecule has 1 rings (SSSR count). The maximum Gasteiger partial charge on any atom is 0.145 e. The summed E-state index contributed by atoms with van der Waals surface area (Å²) in [6.07, 6.45) is 9.68. The van der Waals surface area contributed by atoms with Crippen molar-refractivity contribution in [2.45, 2.75) is 25.9 Å². The first-order valence-corrected chi connectivity index (χ1v) is 3.90. The Morgan fingerprint density at radius 1 is 1.45 bits per heavy atom. The first-order valence-electron chi connectivity index (χ1n) is 3.90. The monoisotopic (exact) mass is 152 g/mol. The number of hydrogen-bond donors (Lipinski definition) is 0. The van der Waals surface area contributed by atoms with Crippen LogP contribution in [0.5, 0.6) is 0 Å². The predicted octanol–water partition coefficient (Wildman–Crippen LogP) is 3.18. The summed E-state index contributed by atoms with van der Waals surface area (Å²) in [4.78, 5) is 0. The molecule has 1 aliphatic carbocycles. The van der Waals surface area contributed by atoms with Gasteiger partial charge in [-0.3, -0.25) is 0 Å². The number of rotatable bonds is 1. The summed E-state index contributed by atoms with van der Waals surface area (Å²) < 4.78 is 13.2. The normalized spacial score (nSPS) is 29.9. The van der Waals surface area contributed by atoms with Gasteiger partial charge in [0.25, 0.3) is 0 Å². The van der Waals surface area contributed by atoms with E-state index >= 15 is 0 Å². The highest BCUT2D eigenvalue weighted by Crippen LogP contribution is 2.19. The van der Waals surface area contributed by atoms with Crippen molar-refractivity contribution >= 4 is 0 Å². The van der Waals surface area contributed by atoms with Crippen LogP contribution in [0.3, 0.4) is 0 Å². The average molecular weight is 152 g/mol. The zero-order valence-electron chi connectivity index (χ0n) is 6.97. The van der Waals surface area contributed by atoms with Crippen LogP contribution in [-0.2, 0) is 0 Å². The zero-order chi connectivity index (χ0) is 8.32. The van der Waals surface area contributed by atoms with Gasteiger partial charge >= 0.3 is 0 Å². The van der Waals surface area contributed by atoms with Gasteiger partial charge in [-0.05, 0) is 31.1 Å². The summed E-state index contributed by atoms with van der Waals surface area (Å²) in [6, 6.07) is 0. The highest BCUT2D eigenvalue weighted by molar-refractivity contribution is 5.32. The van der Waals surface area contributed by atoms with Crippen molar-refractivity contribution in [3.8, 4) is 0 Å². The third kappa shape index (κ3) is 2.34. The van der Waals surface area contributed by atoms with E-state index in [1.54, 1.807) is 25.2 Å². The first-order chi connectivity index (χ1) is 5.14. The predicted molar refractivity (Wildman–Crippen MR) is 46.2 cm³/mol. The largest absolute Gasteiger partial charge is 0.235 e. The molecule has 0 bridgehead atoms. The van der Waals surface area contributed by atoms with Gasteiger partial charge in [0.1, 0.15) is 5.67 Å². The molecule has 0 aromatic heterocycles. The minimum atomic E-state index is -1.27. The lowest BCUT2D eigenvalue weighted by atomic mass is 10.1. The van der Waals surface area contributed by atoms with Gasteiger partial charge in [0, 0.05) is 0 Å². The first kappa shape index (κ1) is 8.25. The molecule has 0 spiro atoms. The topological polar surface area (TPSA) is 0 Å². The van der Waals surface area contributed by atoms with Crippen LogP contribution in [0.4, 0.5) is 4.39 Å². The number of allylic oxidation sites excluding steroid dienone is 6. The number of hydrogen-bond acceptors (Lipinski definition) is 0. The van der Waals surface area contributed by atoms with Crippen molar-refractivity contribution in [2.24, 2.45) is 0 Å². The smallest absolute Gasteiger partial charge is 0.145 e. The molecule has 1 heteroatoms. The van der Waals surface area contributed by atoms with Crippen molar-refractivity contribution in [2.75, 3.05) is 0 Å². The highest BCUT2D eigenvalue weighted by Gasteiger charge is 2.14. The van der Waals surface area contributed by atoms with Crippen molar-refractivity contribution in [3.63, 3.8) is 0 Å². The molecule has 0 aromatic carbocycles. The van der Waals surface area contributed by atoms with Gasteiger partial charge in [0.2, 0.25) is 0 Å². The molecular weight excluding hydrogens is 139 g/mol. The molecule has 0 amide bonds. The second kappa shape index (κ2) is 3.04. The van der Waals surface area contributed by atoms with E-state index in [0.29, 0.717) is 0 Å². The van der Waals surface area contributed by atoms with E-state index in [1.165, 1.54) is 5.57 Å². The molecule has 0 saturated heterocycles. The summed E-state index contributed by atoms with van der Waals surface area (Å²) in [5, 5.41) is 0. The summed E-state index contributed by atoms with van der Waals surface area (Å²) in [5.41, 5.74) is -0.101. The van der Waals surface area contributed by atoms with Crippen molar-refractivity contribution < 1.29 is 4.39 Å². The van der Waals surface area contributed by atoms with Gasteiger partial charge in [0.05, 0.1) is 0 Å². The van der Waals surface area contributed by atoms with Gasteiger partial charge in [-0.2, -0.15) is 0 Å². The summed E-state index contributed by atoms with van der Waals surface area (Å²) in [6.45, 7) is 3.61. The quantitative estimate of drug-likeness (QED) is 0.541. The Hall–Kier alpha value is -0.850. The molecule has 0 saturated carbocycles. The van der Waals surface area contributed by atoms with E-state index < -0.39 is 5.67 Å². The maximum absolute atomic E-state index is 13.2. The van der Waals surface area contributed by atoms with Crippen LogP contribution in [0, 0.1) is 0 Å². The Bertz CT molecular complexity index is 219. The third-order valence-corrected chi connectivity index (χ3v) is 1.76. The molecule has 1 unspecified atom stereocenters. The molecule has 0 aliphatic heterocycles. The van der Waals surface area contributed by atoms with Gasteiger partial charge < -0.3 is 0 Å².